The largest absolute Gasteiger partial charge is 0.334 e. The van der Waals surface area contributed by atoms with Crippen molar-refractivity contribution in [2.75, 3.05) is 13.1 Å². The molecule has 1 aliphatic carbocycles. The zero-order valence-electron chi connectivity index (χ0n) is 19.0. The molecule has 0 spiro atoms. The Hall–Kier alpha value is -2.20. The maximum Gasteiger partial charge on any atom is 0.223 e. The monoisotopic (exact) mass is 419 g/mol. The molecule has 1 aromatic heterocycles. The third-order valence-electron chi connectivity index (χ3n) is 7.09. The predicted molar refractivity (Wildman–Crippen MR) is 125 cm³/mol. The van der Waals surface area contributed by atoms with Gasteiger partial charge >= 0.3 is 0 Å². The summed E-state index contributed by atoms with van der Waals surface area (Å²) >= 11 is 0. The second kappa shape index (κ2) is 10.9. The second-order valence-corrected chi connectivity index (χ2v) is 9.47. The van der Waals surface area contributed by atoms with E-state index in [4.69, 9.17) is 4.98 Å². The number of hydrogen-bond donors (Lipinski definition) is 0. The Balaban J connectivity index is 1.38. The number of benzene rings is 1. The maximum absolute atomic E-state index is 13.3. The molecule has 2 heterocycles. The van der Waals surface area contributed by atoms with Crippen LogP contribution in [0.15, 0.2) is 48.5 Å². The van der Waals surface area contributed by atoms with Crippen molar-refractivity contribution < 1.29 is 4.79 Å². The van der Waals surface area contributed by atoms with Crippen molar-refractivity contribution in [3.63, 3.8) is 0 Å². The van der Waals surface area contributed by atoms with E-state index in [1.54, 1.807) is 0 Å². The highest BCUT2D eigenvalue weighted by atomic mass is 16.2. The van der Waals surface area contributed by atoms with Crippen molar-refractivity contribution in [3.8, 4) is 0 Å². The molecule has 1 aromatic carbocycles. The highest BCUT2D eigenvalue weighted by molar-refractivity contribution is 5.76. The van der Waals surface area contributed by atoms with Gasteiger partial charge < -0.3 is 4.90 Å². The topological polar surface area (TPSA) is 36.4 Å². The number of rotatable bonds is 8. The molecule has 2 fully saturated rings. The molecule has 0 atom stereocenters. The summed E-state index contributed by atoms with van der Waals surface area (Å²) in [5.41, 5.74) is 3.41. The third-order valence-corrected chi connectivity index (χ3v) is 7.09. The van der Waals surface area contributed by atoms with E-state index in [0.29, 0.717) is 24.9 Å². The van der Waals surface area contributed by atoms with Crippen LogP contribution in [0.4, 0.5) is 0 Å². The van der Waals surface area contributed by atoms with Crippen LogP contribution in [-0.4, -0.2) is 39.8 Å². The Kier molecular flexibility index (Phi) is 7.74. The molecule has 0 unspecified atom stereocenters. The molecule has 1 aliphatic heterocycles. The summed E-state index contributed by atoms with van der Waals surface area (Å²) in [6.07, 6.45) is 9.16. The molecule has 1 saturated heterocycles. The van der Waals surface area contributed by atoms with Gasteiger partial charge in [0.2, 0.25) is 5.91 Å². The van der Waals surface area contributed by atoms with Gasteiger partial charge in [-0.2, -0.15) is 0 Å². The van der Waals surface area contributed by atoms with Gasteiger partial charge in [-0.1, -0.05) is 62.1 Å². The van der Waals surface area contributed by atoms with Gasteiger partial charge in [0.25, 0.3) is 0 Å². The van der Waals surface area contributed by atoms with Crippen LogP contribution in [0.1, 0.15) is 68.3 Å². The summed E-state index contributed by atoms with van der Waals surface area (Å²) in [5, 5.41) is 0. The fourth-order valence-corrected chi connectivity index (χ4v) is 5.28. The summed E-state index contributed by atoms with van der Waals surface area (Å²) < 4.78 is 0. The molecule has 166 valence electrons. The number of likely N-dealkylation sites (tertiary alicyclic amines) is 1. The molecule has 1 amide bonds. The van der Waals surface area contributed by atoms with Gasteiger partial charge in [-0.15, -0.1) is 0 Å². The van der Waals surface area contributed by atoms with Crippen LogP contribution in [0.3, 0.4) is 0 Å². The van der Waals surface area contributed by atoms with E-state index in [-0.39, 0.29) is 0 Å². The van der Waals surface area contributed by atoms with Crippen molar-refractivity contribution in [1.82, 2.24) is 14.8 Å². The van der Waals surface area contributed by atoms with E-state index in [9.17, 15) is 4.79 Å². The molecule has 31 heavy (non-hydrogen) atoms. The molecule has 4 rings (SSSR count). The minimum atomic E-state index is 0.324. The number of piperidine rings is 1. The van der Waals surface area contributed by atoms with E-state index < -0.39 is 0 Å². The number of aryl methyl sites for hydroxylation is 1. The van der Waals surface area contributed by atoms with E-state index in [1.165, 1.54) is 31.2 Å². The summed E-state index contributed by atoms with van der Waals surface area (Å²) in [7, 11) is 0. The summed E-state index contributed by atoms with van der Waals surface area (Å²) in [5.74, 6) is 1.09. The van der Waals surface area contributed by atoms with Crippen molar-refractivity contribution >= 4 is 5.91 Å². The Morgan fingerprint density at radius 3 is 2.45 bits per heavy atom. The molecule has 4 nitrogen and oxygen atoms in total. The van der Waals surface area contributed by atoms with Gasteiger partial charge in [0.15, 0.2) is 0 Å². The normalized spacial score (nSPS) is 18.4. The van der Waals surface area contributed by atoms with Crippen LogP contribution in [0.25, 0.3) is 0 Å². The van der Waals surface area contributed by atoms with Crippen LogP contribution in [0.2, 0.25) is 0 Å². The minimum Gasteiger partial charge on any atom is -0.334 e. The van der Waals surface area contributed by atoms with Crippen LogP contribution < -0.4 is 0 Å². The number of amides is 1. The van der Waals surface area contributed by atoms with E-state index in [0.717, 1.165) is 56.2 Å². The second-order valence-electron chi connectivity index (χ2n) is 9.47. The lowest BCUT2D eigenvalue weighted by Gasteiger charge is -2.39. The molecular formula is C27H37N3O. The van der Waals surface area contributed by atoms with Crippen molar-refractivity contribution in [1.29, 1.82) is 0 Å². The number of hydrogen-bond acceptors (Lipinski definition) is 3. The van der Waals surface area contributed by atoms with Gasteiger partial charge in [0.1, 0.15) is 0 Å². The van der Waals surface area contributed by atoms with Gasteiger partial charge in [-0.25, -0.2) is 0 Å². The molecule has 0 radical (unpaired) electrons. The highest BCUT2D eigenvalue weighted by Gasteiger charge is 2.29. The lowest BCUT2D eigenvalue weighted by atomic mass is 9.98. The van der Waals surface area contributed by atoms with Crippen molar-refractivity contribution in [2.45, 2.75) is 77.4 Å². The molecule has 4 heteroatoms. The number of carbonyl (C=O) groups excluding carboxylic acids is 1. The minimum absolute atomic E-state index is 0.324. The lowest BCUT2D eigenvalue weighted by molar-refractivity contribution is -0.135. The zero-order chi connectivity index (χ0) is 21.5. The lowest BCUT2D eigenvalue weighted by Crippen LogP contribution is -2.47. The molecular weight excluding hydrogens is 382 g/mol. The number of pyridine rings is 1. The number of carbonyl (C=O) groups is 1. The van der Waals surface area contributed by atoms with Crippen molar-refractivity contribution in [2.24, 2.45) is 5.92 Å². The first kappa shape index (κ1) is 22.0. The van der Waals surface area contributed by atoms with Crippen LogP contribution in [0.5, 0.6) is 0 Å². The van der Waals surface area contributed by atoms with E-state index >= 15 is 0 Å². The Labute approximate surface area is 187 Å². The predicted octanol–water partition coefficient (Wildman–Crippen LogP) is 5.35. The Morgan fingerprint density at radius 1 is 1.00 bits per heavy atom. The first-order chi connectivity index (χ1) is 15.2. The van der Waals surface area contributed by atoms with Crippen LogP contribution >= 0.6 is 0 Å². The molecule has 0 N–H and O–H groups in total. The first-order valence-corrected chi connectivity index (χ1v) is 12.2. The quantitative estimate of drug-likeness (QED) is 0.578. The fourth-order valence-electron chi connectivity index (χ4n) is 5.28. The van der Waals surface area contributed by atoms with Crippen LogP contribution in [0, 0.1) is 12.8 Å². The summed E-state index contributed by atoms with van der Waals surface area (Å²) in [6.45, 7) is 5.77. The van der Waals surface area contributed by atoms with Gasteiger partial charge in [0.05, 0.1) is 12.2 Å². The number of nitrogens with zero attached hydrogens (tertiary/aromatic N) is 3. The maximum atomic E-state index is 13.3. The van der Waals surface area contributed by atoms with E-state index in [1.807, 2.05) is 13.0 Å². The first-order valence-electron chi connectivity index (χ1n) is 12.2. The SMILES string of the molecule is Cc1cccc(CN(C(=O)CCC2CCCC2)C2CCN(Cc3ccccc3)CC2)n1. The summed E-state index contributed by atoms with van der Waals surface area (Å²) in [6, 6.07) is 17.2. The van der Waals surface area contributed by atoms with Crippen LogP contribution in [-0.2, 0) is 17.9 Å². The number of aromatic nitrogens is 1. The zero-order valence-corrected chi connectivity index (χ0v) is 19.0. The highest BCUT2D eigenvalue weighted by Crippen LogP contribution is 2.29. The average molecular weight is 420 g/mol. The van der Waals surface area contributed by atoms with E-state index in [2.05, 4.69) is 52.3 Å². The smallest absolute Gasteiger partial charge is 0.223 e. The molecule has 2 aromatic rings. The molecule has 0 bridgehead atoms. The van der Waals surface area contributed by atoms with Crippen molar-refractivity contribution in [3.05, 3.63) is 65.5 Å². The standard InChI is InChI=1S/C27H37N3O/c1-22-8-7-13-25(28-22)21-30(27(31)15-14-23-9-5-6-10-23)26-16-18-29(19-17-26)20-24-11-3-2-4-12-24/h2-4,7-8,11-13,23,26H,5-6,9-10,14-21H2,1H3. The Bertz CT molecular complexity index is 823. The van der Waals surface area contributed by atoms with Gasteiger partial charge in [0, 0.05) is 37.8 Å². The molecule has 1 saturated carbocycles. The fraction of sp³-hybridized carbons (Fsp3) is 0.556. The summed E-state index contributed by atoms with van der Waals surface area (Å²) in [4.78, 5) is 22.7. The Morgan fingerprint density at radius 2 is 1.74 bits per heavy atom. The third kappa shape index (κ3) is 6.39. The van der Waals surface area contributed by atoms with Gasteiger partial charge in [-0.3, -0.25) is 14.7 Å². The average Bonchev–Trinajstić information content (AvgIpc) is 3.31. The van der Waals surface area contributed by atoms with Gasteiger partial charge in [-0.05, 0) is 49.8 Å². The molecule has 2 aliphatic rings.